The van der Waals surface area contributed by atoms with E-state index in [1.807, 2.05) is 38.1 Å². The molecule has 0 bridgehead atoms. The number of Topliss-reactive ketones (excluding diaryl/α,β-unsaturated/α-hetero) is 1. The number of carbonyl (C=O) groups is 1. The van der Waals surface area contributed by atoms with Gasteiger partial charge in [0.05, 0.1) is 19.0 Å². The van der Waals surface area contributed by atoms with Crippen LogP contribution in [0.5, 0.6) is 11.5 Å². The van der Waals surface area contributed by atoms with Crippen LogP contribution in [0.1, 0.15) is 24.2 Å². The first-order chi connectivity index (χ1) is 13.1. The van der Waals surface area contributed by atoms with Crippen LogP contribution >= 0.6 is 11.8 Å². The van der Waals surface area contributed by atoms with Gasteiger partial charge in [0.25, 0.3) is 5.22 Å². The van der Waals surface area contributed by atoms with Gasteiger partial charge in [-0.3, -0.25) is 4.79 Å². The number of benzene rings is 2. The fourth-order valence-electron chi connectivity index (χ4n) is 2.43. The van der Waals surface area contributed by atoms with Crippen molar-refractivity contribution in [3.63, 3.8) is 0 Å². The standard InChI is InChI=1S/C20H20N2O4S/c1-4-25-17-11-5-14(6-12-17)18(23)13(2)27-20-22-21-19(26-20)15-7-9-16(24-3)10-8-15/h5-13H,4H2,1-3H3/t13-/m1/s1. The first kappa shape index (κ1) is 19.0. The zero-order chi connectivity index (χ0) is 19.2. The summed E-state index contributed by atoms with van der Waals surface area (Å²) in [5.74, 6) is 1.89. The number of rotatable bonds is 8. The second kappa shape index (κ2) is 8.73. The molecule has 0 aliphatic rings. The maximum absolute atomic E-state index is 12.6. The van der Waals surface area contributed by atoms with Crippen molar-refractivity contribution in [3.05, 3.63) is 54.1 Å². The Labute approximate surface area is 161 Å². The topological polar surface area (TPSA) is 74.5 Å². The van der Waals surface area contributed by atoms with Crippen LogP contribution in [0.25, 0.3) is 11.5 Å². The number of ketones is 1. The molecule has 0 saturated carbocycles. The largest absolute Gasteiger partial charge is 0.497 e. The normalized spacial score (nSPS) is 11.8. The summed E-state index contributed by atoms with van der Waals surface area (Å²) < 4.78 is 16.2. The Kier molecular flexibility index (Phi) is 6.13. The highest BCUT2D eigenvalue weighted by Gasteiger charge is 2.20. The van der Waals surface area contributed by atoms with E-state index in [1.165, 1.54) is 11.8 Å². The van der Waals surface area contributed by atoms with Crippen molar-refractivity contribution in [3.8, 4) is 23.0 Å². The lowest BCUT2D eigenvalue weighted by Crippen LogP contribution is -2.13. The molecular weight excluding hydrogens is 364 g/mol. The highest BCUT2D eigenvalue weighted by Crippen LogP contribution is 2.28. The van der Waals surface area contributed by atoms with Gasteiger partial charge in [-0.2, -0.15) is 0 Å². The number of ether oxygens (including phenoxy) is 2. The number of methoxy groups -OCH3 is 1. The predicted molar refractivity (Wildman–Crippen MR) is 104 cm³/mol. The molecule has 0 fully saturated rings. The first-order valence-corrected chi connectivity index (χ1v) is 9.40. The Morgan fingerprint density at radius 2 is 1.74 bits per heavy atom. The maximum atomic E-state index is 12.6. The van der Waals surface area contributed by atoms with Gasteiger partial charge in [-0.1, -0.05) is 11.8 Å². The van der Waals surface area contributed by atoms with E-state index < -0.39 is 0 Å². The van der Waals surface area contributed by atoms with E-state index in [-0.39, 0.29) is 11.0 Å². The van der Waals surface area contributed by atoms with Gasteiger partial charge in [-0.05, 0) is 62.4 Å². The van der Waals surface area contributed by atoms with Gasteiger partial charge < -0.3 is 13.9 Å². The van der Waals surface area contributed by atoms with Gasteiger partial charge in [0.1, 0.15) is 11.5 Å². The molecule has 1 atom stereocenters. The van der Waals surface area contributed by atoms with Crippen molar-refractivity contribution in [1.29, 1.82) is 0 Å². The molecule has 6 nitrogen and oxygen atoms in total. The molecule has 0 spiro atoms. The van der Waals surface area contributed by atoms with E-state index >= 15 is 0 Å². The van der Waals surface area contributed by atoms with Gasteiger partial charge in [0, 0.05) is 11.1 Å². The van der Waals surface area contributed by atoms with Gasteiger partial charge in [0.15, 0.2) is 5.78 Å². The van der Waals surface area contributed by atoms with E-state index in [2.05, 4.69) is 10.2 Å². The molecule has 1 aromatic heterocycles. The zero-order valence-corrected chi connectivity index (χ0v) is 16.2. The third-order valence-corrected chi connectivity index (χ3v) is 4.77. The van der Waals surface area contributed by atoms with Crippen LogP contribution in [0.2, 0.25) is 0 Å². The summed E-state index contributed by atoms with van der Waals surface area (Å²) in [7, 11) is 1.61. The minimum atomic E-state index is -0.355. The smallest absolute Gasteiger partial charge is 0.277 e. The quantitative estimate of drug-likeness (QED) is 0.418. The minimum absolute atomic E-state index is 0.00718. The summed E-state index contributed by atoms with van der Waals surface area (Å²) in [6.07, 6.45) is 0. The molecule has 27 heavy (non-hydrogen) atoms. The Bertz CT molecular complexity index is 891. The molecule has 2 aromatic carbocycles. The predicted octanol–water partition coefficient (Wildman–Crippen LogP) is 4.51. The molecule has 0 N–H and O–H groups in total. The average Bonchev–Trinajstić information content (AvgIpc) is 3.17. The summed E-state index contributed by atoms with van der Waals surface area (Å²) in [6.45, 7) is 4.33. The van der Waals surface area contributed by atoms with Crippen LogP contribution in [0, 0.1) is 0 Å². The summed E-state index contributed by atoms with van der Waals surface area (Å²) in [4.78, 5) is 12.6. The monoisotopic (exact) mass is 384 g/mol. The van der Waals surface area contributed by atoms with E-state index in [0.717, 1.165) is 17.1 Å². The van der Waals surface area contributed by atoms with E-state index in [1.54, 1.807) is 31.4 Å². The molecule has 1 heterocycles. The zero-order valence-electron chi connectivity index (χ0n) is 15.3. The average molecular weight is 384 g/mol. The number of thioether (sulfide) groups is 1. The van der Waals surface area contributed by atoms with E-state index in [4.69, 9.17) is 13.9 Å². The highest BCUT2D eigenvalue weighted by atomic mass is 32.2. The van der Waals surface area contributed by atoms with Crippen LogP contribution in [0.4, 0.5) is 0 Å². The fraction of sp³-hybridized carbons (Fsp3) is 0.250. The Balaban J connectivity index is 1.65. The lowest BCUT2D eigenvalue weighted by Gasteiger charge is -2.08. The third-order valence-electron chi connectivity index (χ3n) is 3.84. The first-order valence-electron chi connectivity index (χ1n) is 8.52. The molecule has 7 heteroatoms. The molecular formula is C20H20N2O4S. The summed E-state index contributed by atoms with van der Waals surface area (Å²) in [5, 5.41) is 8.09. The molecule has 0 unspecified atom stereocenters. The summed E-state index contributed by atoms with van der Waals surface area (Å²) >= 11 is 1.24. The SMILES string of the molecule is CCOc1ccc(C(=O)[C@@H](C)Sc2nnc(-c3ccc(OC)cc3)o2)cc1. The maximum Gasteiger partial charge on any atom is 0.277 e. The summed E-state index contributed by atoms with van der Waals surface area (Å²) in [5.41, 5.74) is 1.41. The molecule has 0 saturated heterocycles. The summed E-state index contributed by atoms with van der Waals surface area (Å²) in [6, 6.07) is 14.5. The fourth-order valence-corrected chi connectivity index (χ4v) is 3.19. The van der Waals surface area contributed by atoms with E-state index in [9.17, 15) is 4.79 Å². The van der Waals surface area contributed by atoms with Gasteiger partial charge >= 0.3 is 0 Å². The lowest BCUT2D eigenvalue weighted by atomic mass is 10.1. The van der Waals surface area contributed by atoms with Crippen LogP contribution in [0.15, 0.2) is 58.2 Å². The number of hydrogen-bond acceptors (Lipinski definition) is 7. The highest BCUT2D eigenvalue weighted by molar-refractivity contribution is 8.00. The lowest BCUT2D eigenvalue weighted by molar-refractivity contribution is 0.0993. The van der Waals surface area contributed by atoms with Crippen molar-refractivity contribution < 1.29 is 18.7 Å². The Hall–Kier alpha value is -2.80. The molecule has 140 valence electrons. The molecule has 0 radical (unpaired) electrons. The van der Waals surface area contributed by atoms with Crippen LogP contribution < -0.4 is 9.47 Å². The number of carbonyl (C=O) groups excluding carboxylic acids is 1. The third kappa shape index (κ3) is 4.68. The van der Waals surface area contributed by atoms with Crippen molar-refractivity contribution in [2.24, 2.45) is 0 Å². The van der Waals surface area contributed by atoms with Crippen LogP contribution in [-0.4, -0.2) is 34.9 Å². The second-order valence-corrected chi connectivity index (χ2v) is 6.98. The van der Waals surface area contributed by atoms with Gasteiger partial charge in [0.2, 0.25) is 5.89 Å². The molecule has 3 aromatic rings. The van der Waals surface area contributed by atoms with E-state index in [0.29, 0.717) is 23.3 Å². The van der Waals surface area contributed by atoms with Crippen LogP contribution in [-0.2, 0) is 0 Å². The van der Waals surface area contributed by atoms with Crippen molar-refractivity contribution >= 4 is 17.5 Å². The number of hydrogen-bond donors (Lipinski definition) is 0. The molecule has 0 amide bonds. The Morgan fingerprint density at radius 3 is 2.37 bits per heavy atom. The van der Waals surface area contributed by atoms with Gasteiger partial charge in [-0.25, -0.2) is 0 Å². The van der Waals surface area contributed by atoms with Gasteiger partial charge in [-0.15, -0.1) is 10.2 Å². The molecule has 3 rings (SSSR count). The Morgan fingerprint density at radius 1 is 1.07 bits per heavy atom. The van der Waals surface area contributed by atoms with Crippen LogP contribution in [0.3, 0.4) is 0 Å². The minimum Gasteiger partial charge on any atom is -0.497 e. The van der Waals surface area contributed by atoms with Crippen molar-refractivity contribution in [1.82, 2.24) is 10.2 Å². The number of nitrogens with zero attached hydrogens (tertiary/aromatic N) is 2. The number of aromatic nitrogens is 2. The molecule has 0 aliphatic carbocycles. The van der Waals surface area contributed by atoms with Crippen molar-refractivity contribution in [2.45, 2.75) is 24.3 Å². The molecule has 0 aliphatic heterocycles. The second-order valence-electron chi connectivity index (χ2n) is 5.68. The van der Waals surface area contributed by atoms with Crippen molar-refractivity contribution in [2.75, 3.05) is 13.7 Å².